The largest absolute Gasteiger partial charge is 0.349 e. The number of nitrogens with zero attached hydrogens (tertiary/aromatic N) is 2. The highest BCUT2D eigenvalue weighted by molar-refractivity contribution is 5.93. The molecule has 2 aromatic carbocycles. The van der Waals surface area contributed by atoms with Crippen LogP contribution in [0.3, 0.4) is 0 Å². The number of carbonyl (C=O) groups is 1. The van der Waals surface area contributed by atoms with Crippen LogP contribution in [0.1, 0.15) is 21.6 Å². The van der Waals surface area contributed by atoms with Gasteiger partial charge in [0, 0.05) is 31.7 Å². The number of aromatic amines is 1. The number of H-pyrrole nitrogens is 1. The molecule has 1 aliphatic heterocycles. The van der Waals surface area contributed by atoms with E-state index in [9.17, 15) is 9.18 Å². The summed E-state index contributed by atoms with van der Waals surface area (Å²) in [6.45, 7) is 3.24. The molecule has 1 aromatic heterocycles. The molecule has 0 fully saturated rings. The fraction of sp³-hybridized carbons (Fsp3) is 0.238. The molecule has 4 rings (SSSR count). The number of rotatable bonds is 5. The first-order valence-electron chi connectivity index (χ1n) is 9.08. The highest BCUT2D eigenvalue weighted by Gasteiger charge is 2.16. The normalized spacial score (nSPS) is 14.0. The molecule has 2 N–H and O–H groups in total. The number of hydrogen-bond acceptors (Lipinski definition) is 3. The van der Waals surface area contributed by atoms with E-state index in [1.807, 2.05) is 0 Å². The minimum absolute atomic E-state index is 0.234. The first-order valence-corrected chi connectivity index (χ1v) is 9.08. The standard InChI is InChI=1S/C21H21FN4O/c22-18-8-4-3-7-17(18)19-13-20(25-24-19)21(27)23-10-12-26-11-9-15-5-1-2-6-16(15)14-26/h1-8,13H,9-12,14H2,(H,23,27)(H,24,25). The molecule has 0 radical (unpaired) electrons. The third kappa shape index (κ3) is 3.90. The fourth-order valence-corrected chi connectivity index (χ4v) is 3.41. The third-order valence-corrected chi connectivity index (χ3v) is 4.90. The van der Waals surface area contributed by atoms with Gasteiger partial charge in [0.05, 0.1) is 5.69 Å². The van der Waals surface area contributed by atoms with E-state index >= 15 is 0 Å². The highest BCUT2D eigenvalue weighted by Crippen LogP contribution is 2.21. The first kappa shape index (κ1) is 17.4. The predicted octanol–water partition coefficient (Wildman–Crippen LogP) is 3.00. The van der Waals surface area contributed by atoms with Gasteiger partial charge in [0.1, 0.15) is 11.5 Å². The van der Waals surface area contributed by atoms with Gasteiger partial charge in [0.25, 0.3) is 5.91 Å². The first-order chi connectivity index (χ1) is 13.2. The summed E-state index contributed by atoms with van der Waals surface area (Å²) in [6.07, 6.45) is 1.04. The summed E-state index contributed by atoms with van der Waals surface area (Å²) in [5.74, 6) is -0.594. The van der Waals surface area contributed by atoms with Gasteiger partial charge in [-0.3, -0.25) is 14.8 Å². The van der Waals surface area contributed by atoms with Gasteiger partial charge in [-0.05, 0) is 35.7 Å². The van der Waals surface area contributed by atoms with E-state index in [0.29, 0.717) is 23.5 Å². The van der Waals surface area contributed by atoms with Crippen molar-refractivity contribution in [3.63, 3.8) is 0 Å². The molecule has 3 aromatic rings. The van der Waals surface area contributed by atoms with Gasteiger partial charge in [-0.2, -0.15) is 5.10 Å². The SMILES string of the molecule is O=C(NCCN1CCc2ccccc2C1)c1cc(-c2ccccc2F)n[nH]1. The molecular formula is C21H21FN4O. The predicted molar refractivity (Wildman–Crippen MR) is 102 cm³/mol. The van der Waals surface area contributed by atoms with Gasteiger partial charge in [-0.15, -0.1) is 0 Å². The Morgan fingerprint density at radius 2 is 1.93 bits per heavy atom. The molecule has 0 unspecified atom stereocenters. The maximum absolute atomic E-state index is 13.8. The van der Waals surface area contributed by atoms with Crippen molar-refractivity contribution < 1.29 is 9.18 Å². The molecule has 0 saturated carbocycles. The number of halogens is 1. The molecule has 6 heteroatoms. The Hall–Kier alpha value is -2.99. The fourth-order valence-electron chi connectivity index (χ4n) is 3.41. The number of benzene rings is 2. The number of nitrogens with one attached hydrogen (secondary N) is 2. The van der Waals surface area contributed by atoms with E-state index in [4.69, 9.17) is 0 Å². The molecule has 5 nitrogen and oxygen atoms in total. The molecule has 0 atom stereocenters. The van der Waals surface area contributed by atoms with Crippen LogP contribution in [0.15, 0.2) is 54.6 Å². The van der Waals surface area contributed by atoms with E-state index in [0.717, 1.165) is 26.1 Å². The maximum atomic E-state index is 13.8. The van der Waals surface area contributed by atoms with Crippen molar-refractivity contribution in [1.29, 1.82) is 0 Å². The van der Waals surface area contributed by atoms with Crippen molar-refractivity contribution in [2.75, 3.05) is 19.6 Å². The Morgan fingerprint density at radius 3 is 2.78 bits per heavy atom. The third-order valence-electron chi connectivity index (χ3n) is 4.90. The molecular weight excluding hydrogens is 343 g/mol. The van der Waals surface area contributed by atoms with E-state index in [2.05, 4.69) is 44.7 Å². The summed E-state index contributed by atoms with van der Waals surface area (Å²) in [6, 6.07) is 16.4. The zero-order valence-electron chi connectivity index (χ0n) is 14.9. The van der Waals surface area contributed by atoms with Gasteiger partial charge >= 0.3 is 0 Å². The molecule has 1 amide bonds. The van der Waals surface area contributed by atoms with Crippen molar-refractivity contribution in [3.05, 3.63) is 77.2 Å². The minimum Gasteiger partial charge on any atom is -0.349 e. The molecule has 0 bridgehead atoms. The van der Waals surface area contributed by atoms with Gasteiger partial charge < -0.3 is 5.32 Å². The lowest BCUT2D eigenvalue weighted by Gasteiger charge is -2.28. The van der Waals surface area contributed by atoms with E-state index in [1.54, 1.807) is 24.3 Å². The lowest BCUT2D eigenvalue weighted by Crippen LogP contribution is -2.37. The molecule has 27 heavy (non-hydrogen) atoms. The van der Waals surface area contributed by atoms with Crippen molar-refractivity contribution in [2.45, 2.75) is 13.0 Å². The highest BCUT2D eigenvalue weighted by atomic mass is 19.1. The molecule has 0 aliphatic carbocycles. The second-order valence-corrected chi connectivity index (χ2v) is 6.70. The molecule has 1 aliphatic rings. The van der Waals surface area contributed by atoms with E-state index in [1.165, 1.54) is 17.2 Å². The molecule has 0 spiro atoms. The summed E-state index contributed by atoms with van der Waals surface area (Å²) in [5, 5.41) is 9.65. The number of amides is 1. The van der Waals surface area contributed by atoms with Crippen molar-refractivity contribution in [1.82, 2.24) is 20.4 Å². The maximum Gasteiger partial charge on any atom is 0.269 e. The van der Waals surface area contributed by atoms with Crippen LogP contribution in [0.5, 0.6) is 0 Å². The lowest BCUT2D eigenvalue weighted by molar-refractivity contribution is 0.0942. The molecule has 0 saturated heterocycles. The monoisotopic (exact) mass is 364 g/mol. The Morgan fingerprint density at radius 1 is 1.15 bits per heavy atom. The Labute approximate surface area is 157 Å². The number of hydrogen-bond donors (Lipinski definition) is 2. The quantitative estimate of drug-likeness (QED) is 0.732. The average molecular weight is 364 g/mol. The smallest absolute Gasteiger partial charge is 0.269 e. The van der Waals surface area contributed by atoms with Crippen LogP contribution in [-0.4, -0.2) is 40.6 Å². The number of fused-ring (bicyclic) bond motifs is 1. The second-order valence-electron chi connectivity index (χ2n) is 6.70. The summed E-state index contributed by atoms with van der Waals surface area (Å²) >= 11 is 0. The molecule has 138 valence electrons. The van der Waals surface area contributed by atoms with Gasteiger partial charge in [-0.25, -0.2) is 4.39 Å². The number of carbonyl (C=O) groups excluding carboxylic acids is 1. The summed E-state index contributed by atoms with van der Waals surface area (Å²) in [5.41, 5.74) is 3.90. The summed E-state index contributed by atoms with van der Waals surface area (Å²) in [4.78, 5) is 14.7. The van der Waals surface area contributed by atoms with Crippen molar-refractivity contribution in [3.8, 4) is 11.3 Å². The zero-order valence-corrected chi connectivity index (χ0v) is 14.9. The van der Waals surface area contributed by atoms with Gasteiger partial charge in [-0.1, -0.05) is 36.4 Å². The van der Waals surface area contributed by atoms with Crippen LogP contribution < -0.4 is 5.32 Å². The van der Waals surface area contributed by atoms with Crippen LogP contribution >= 0.6 is 0 Å². The van der Waals surface area contributed by atoms with Crippen LogP contribution in [0.25, 0.3) is 11.3 Å². The number of aromatic nitrogens is 2. The van der Waals surface area contributed by atoms with Crippen LogP contribution in [0, 0.1) is 5.82 Å². The van der Waals surface area contributed by atoms with E-state index in [-0.39, 0.29) is 11.7 Å². The second kappa shape index (κ2) is 7.72. The zero-order chi connectivity index (χ0) is 18.6. The minimum atomic E-state index is -0.360. The van der Waals surface area contributed by atoms with E-state index < -0.39 is 0 Å². The summed E-state index contributed by atoms with van der Waals surface area (Å²) < 4.78 is 13.8. The van der Waals surface area contributed by atoms with Gasteiger partial charge in [0.2, 0.25) is 0 Å². The Kier molecular flexibility index (Phi) is 4.98. The van der Waals surface area contributed by atoms with Gasteiger partial charge in [0.15, 0.2) is 0 Å². The lowest BCUT2D eigenvalue weighted by atomic mass is 10.00. The average Bonchev–Trinajstić information content (AvgIpc) is 3.18. The Bertz CT molecular complexity index is 953. The summed E-state index contributed by atoms with van der Waals surface area (Å²) in [7, 11) is 0. The topological polar surface area (TPSA) is 61.0 Å². The van der Waals surface area contributed by atoms with Crippen LogP contribution in [0.4, 0.5) is 4.39 Å². The Balaban J connectivity index is 1.31. The van der Waals surface area contributed by atoms with Crippen molar-refractivity contribution >= 4 is 5.91 Å². The van der Waals surface area contributed by atoms with Crippen LogP contribution in [-0.2, 0) is 13.0 Å². The van der Waals surface area contributed by atoms with Crippen LogP contribution in [0.2, 0.25) is 0 Å². The van der Waals surface area contributed by atoms with Crippen molar-refractivity contribution in [2.24, 2.45) is 0 Å². The molecule has 2 heterocycles.